The minimum atomic E-state index is -3.55. The summed E-state index contributed by atoms with van der Waals surface area (Å²) in [4.78, 5) is 4.14. The van der Waals surface area contributed by atoms with Crippen molar-refractivity contribution in [1.82, 2.24) is 10.3 Å². The highest BCUT2D eigenvalue weighted by molar-refractivity contribution is 7.93. The number of thiazole rings is 1. The van der Waals surface area contributed by atoms with Crippen LogP contribution in [0.25, 0.3) is 0 Å². The largest absolute Gasteiger partial charge is 0.316 e. The van der Waals surface area contributed by atoms with Gasteiger partial charge in [-0.15, -0.1) is 11.3 Å². The molecule has 2 N–H and O–H groups in total. The van der Waals surface area contributed by atoms with Crippen LogP contribution in [0.5, 0.6) is 0 Å². The molecule has 0 fully saturated rings. The van der Waals surface area contributed by atoms with E-state index in [1.807, 2.05) is 13.1 Å². The Morgan fingerprint density at radius 2 is 2.22 bits per heavy atom. The Bertz CT molecular complexity index is 609. The fourth-order valence-electron chi connectivity index (χ4n) is 1.47. The van der Waals surface area contributed by atoms with Gasteiger partial charge in [-0.25, -0.2) is 13.4 Å². The van der Waals surface area contributed by atoms with Crippen molar-refractivity contribution in [3.63, 3.8) is 0 Å². The number of nitrogens with one attached hydrogen (secondary N) is 2. The summed E-state index contributed by atoms with van der Waals surface area (Å²) < 4.78 is 26.6. The summed E-state index contributed by atoms with van der Waals surface area (Å²) in [6, 6.07) is 6.81. The van der Waals surface area contributed by atoms with Crippen LogP contribution in [0.2, 0.25) is 0 Å². The van der Waals surface area contributed by atoms with Gasteiger partial charge >= 0.3 is 0 Å². The normalized spacial score (nSPS) is 11.4. The smallest absolute Gasteiger partial charge is 0.263 e. The number of rotatable bonds is 5. The van der Waals surface area contributed by atoms with E-state index in [0.29, 0.717) is 11.7 Å². The van der Waals surface area contributed by atoms with E-state index in [2.05, 4.69) is 15.0 Å². The number of aromatic nitrogens is 1. The fourth-order valence-corrected chi connectivity index (χ4v) is 3.33. The molecule has 0 bridgehead atoms. The summed E-state index contributed by atoms with van der Waals surface area (Å²) in [5, 5.41) is 5.07. The maximum Gasteiger partial charge on any atom is 0.263 e. The Balaban J connectivity index is 2.26. The second-order valence-corrected chi connectivity index (χ2v) is 6.20. The topological polar surface area (TPSA) is 71.1 Å². The minimum Gasteiger partial charge on any atom is -0.316 e. The second-order valence-electron chi connectivity index (χ2n) is 3.62. The highest BCUT2D eigenvalue weighted by atomic mass is 32.2. The zero-order chi connectivity index (χ0) is 13.0. The standard InChI is InChI=1S/C11H13N3O2S2/c1-12-8-9-3-2-4-10(7-9)18(15,16)14-11-13-5-6-17-11/h2-7,12H,8H2,1H3,(H,13,14). The van der Waals surface area contributed by atoms with Gasteiger partial charge < -0.3 is 5.32 Å². The highest BCUT2D eigenvalue weighted by Crippen LogP contribution is 2.18. The van der Waals surface area contributed by atoms with Gasteiger partial charge in [0.2, 0.25) is 0 Å². The molecule has 96 valence electrons. The molecule has 0 atom stereocenters. The summed E-state index contributed by atoms with van der Waals surface area (Å²) in [6.07, 6.45) is 1.56. The number of hydrogen-bond donors (Lipinski definition) is 2. The van der Waals surface area contributed by atoms with Crippen molar-refractivity contribution in [3.05, 3.63) is 41.4 Å². The van der Waals surface area contributed by atoms with Crippen molar-refractivity contribution in [2.75, 3.05) is 11.8 Å². The van der Waals surface area contributed by atoms with E-state index in [0.717, 1.165) is 5.56 Å². The van der Waals surface area contributed by atoms with E-state index in [1.165, 1.54) is 11.3 Å². The Labute approximate surface area is 110 Å². The Kier molecular flexibility index (Phi) is 3.95. The first-order valence-electron chi connectivity index (χ1n) is 5.28. The van der Waals surface area contributed by atoms with Crippen molar-refractivity contribution in [2.45, 2.75) is 11.4 Å². The molecule has 0 aliphatic heterocycles. The predicted molar refractivity (Wildman–Crippen MR) is 72.1 cm³/mol. The highest BCUT2D eigenvalue weighted by Gasteiger charge is 2.15. The van der Waals surface area contributed by atoms with E-state index in [-0.39, 0.29) is 4.90 Å². The quantitative estimate of drug-likeness (QED) is 0.875. The lowest BCUT2D eigenvalue weighted by Gasteiger charge is -2.07. The monoisotopic (exact) mass is 283 g/mol. The lowest BCUT2D eigenvalue weighted by molar-refractivity contribution is 0.601. The molecule has 0 aliphatic carbocycles. The summed E-state index contributed by atoms with van der Waals surface area (Å²) >= 11 is 1.25. The molecular weight excluding hydrogens is 270 g/mol. The number of hydrogen-bond acceptors (Lipinski definition) is 5. The van der Waals surface area contributed by atoms with Gasteiger partial charge in [0, 0.05) is 18.1 Å². The van der Waals surface area contributed by atoms with E-state index in [4.69, 9.17) is 0 Å². The van der Waals surface area contributed by atoms with Crippen molar-refractivity contribution in [1.29, 1.82) is 0 Å². The van der Waals surface area contributed by atoms with Crippen LogP contribution in [-0.4, -0.2) is 20.4 Å². The number of anilines is 1. The lowest BCUT2D eigenvalue weighted by Crippen LogP contribution is -2.13. The first-order chi connectivity index (χ1) is 8.62. The average Bonchev–Trinajstić information content (AvgIpc) is 2.82. The third-order valence-electron chi connectivity index (χ3n) is 2.24. The van der Waals surface area contributed by atoms with Crippen LogP contribution in [0.1, 0.15) is 5.56 Å². The molecule has 1 aromatic heterocycles. The Morgan fingerprint density at radius 3 is 2.89 bits per heavy atom. The Hall–Kier alpha value is -1.44. The van der Waals surface area contributed by atoms with Gasteiger partial charge in [0.25, 0.3) is 10.0 Å². The SMILES string of the molecule is CNCc1cccc(S(=O)(=O)Nc2nccs2)c1. The zero-order valence-electron chi connectivity index (χ0n) is 9.75. The Morgan fingerprint density at radius 1 is 1.39 bits per heavy atom. The van der Waals surface area contributed by atoms with Gasteiger partial charge in [-0.2, -0.15) is 0 Å². The van der Waals surface area contributed by atoms with Gasteiger partial charge in [0.15, 0.2) is 5.13 Å². The molecule has 0 aliphatic rings. The summed E-state index contributed by atoms with van der Waals surface area (Å²) in [7, 11) is -1.74. The molecule has 1 heterocycles. The maximum atomic E-state index is 12.1. The van der Waals surface area contributed by atoms with Crippen LogP contribution in [0, 0.1) is 0 Å². The van der Waals surface area contributed by atoms with E-state index in [9.17, 15) is 8.42 Å². The molecule has 0 saturated carbocycles. The molecule has 0 saturated heterocycles. The molecule has 1 aromatic carbocycles. The number of benzene rings is 1. The minimum absolute atomic E-state index is 0.241. The van der Waals surface area contributed by atoms with E-state index in [1.54, 1.807) is 29.8 Å². The molecule has 0 spiro atoms. The van der Waals surface area contributed by atoms with Gasteiger partial charge in [-0.05, 0) is 24.7 Å². The first-order valence-corrected chi connectivity index (χ1v) is 7.64. The second kappa shape index (κ2) is 5.47. The first kappa shape index (κ1) is 13.0. The molecule has 0 amide bonds. The van der Waals surface area contributed by atoms with Gasteiger partial charge in [-0.3, -0.25) is 4.72 Å². The molecular formula is C11H13N3O2S2. The van der Waals surface area contributed by atoms with Crippen LogP contribution in [0.3, 0.4) is 0 Å². The molecule has 7 heteroatoms. The zero-order valence-corrected chi connectivity index (χ0v) is 11.4. The van der Waals surface area contributed by atoms with Crippen LogP contribution < -0.4 is 10.0 Å². The van der Waals surface area contributed by atoms with Crippen LogP contribution in [0.15, 0.2) is 40.7 Å². The third-order valence-corrected chi connectivity index (χ3v) is 4.40. The molecule has 0 radical (unpaired) electrons. The predicted octanol–water partition coefficient (Wildman–Crippen LogP) is 1.66. The van der Waals surface area contributed by atoms with E-state index >= 15 is 0 Å². The molecule has 2 rings (SSSR count). The van der Waals surface area contributed by atoms with Crippen molar-refractivity contribution in [3.8, 4) is 0 Å². The summed E-state index contributed by atoms with van der Waals surface area (Å²) in [5.41, 5.74) is 0.916. The van der Waals surface area contributed by atoms with Crippen LogP contribution in [-0.2, 0) is 16.6 Å². The van der Waals surface area contributed by atoms with Crippen molar-refractivity contribution >= 4 is 26.5 Å². The summed E-state index contributed by atoms with van der Waals surface area (Å²) in [6.45, 7) is 0.626. The van der Waals surface area contributed by atoms with Gasteiger partial charge in [-0.1, -0.05) is 12.1 Å². The van der Waals surface area contributed by atoms with Crippen molar-refractivity contribution < 1.29 is 8.42 Å². The van der Waals surface area contributed by atoms with Gasteiger partial charge in [0.1, 0.15) is 0 Å². The molecule has 2 aromatic rings. The lowest BCUT2D eigenvalue weighted by atomic mass is 10.2. The third kappa shape index (κ3) is 3.06. The average molecular weight is 283 g/mol. The summed E-state index contributed by atoms with van der Waals surface area (Å²) in [5.74, 6) is 0. The number of sulfonamides is 1. The van der Waals surface area contributed by atoms with Crippen molar-refractivity contribution in [2.24, 2.45) is 0 Å². The molecule has 18 heavy (non-hydrogen) atoms. The van der Waals surface area contributed by atoms with E-state index < -0.39 is 10.0 Å². The van der Waals surface area contributed by atoms with Crippen LogP contribution in [0.4, 0.5) is 5.13 Å². The van der Waals surface area contributed by atoms with Crippen LogP contribution >= 0.6 is 11.3 Å². The molecule has 5 nitrogen and oxygen atoms in total. The number of nitrogens with zero attached hydrogens (tertiary/aromatic N) is 1. The van der Waals surface area contributed by atoms with Gasteiger partial charge in [0.05, 0.1) is 4.90 Å². The fraction of sp³-hybridized carbons (Fsp3) is 0.182. The maximum absolute atomic E-state index is 12.1. The molecule has 0 unspecified atom stereocenters.